The van der Waals surface area contributed by atoms with Crippen LogP contribution in [0.25, 0.3) is 10.2 Å². The average molecular weight is 361 g/mol. The first kappa shape index (κ1) is 17.7. The summed E-state index contributed by atoms with van der Waals surface area (Å²) in [7, 11) is 0. The maximum absolute atomic E-state index is 12.6. The molecule has 7 heteroatoms. The number of fused-ring (bicyclic) bond motifs is 1. The minimum atomic E-state index is -0.799. The Balaban J connectivity index is 1.67. The summed E-state index contributed by atoms with van der Waals surface area (Å²) in [6.07, 6.45) is 0.322. The Morgan fingerprint density at radius 2 is 2.00 bits per heavy atom. The molecule has 134 valence electrons. The van der Waals surface area contributed by atoms with Gasteiger partial charge < -0.3 is 15.4 Å². The molecule has 2 aromatic rings. The molecule has 0 spiro atoms. The number of rotatable bonds is 3. The molecule has 1 aromatic heterocycles. The van der Waals surface area contributed by atoms with Crippen LogP contribution in [-0.4, -0.2) is 41.0 Å². The van der Waals surface area contributed by atoms with E-state index in [1.807, 2.05) is 4.90 Å². The first-order chi connectivity index (χ1) is 11.8. The Hall–Kier alpha value is -2.15. The smallest absolute Gasteiger partial charge is 0.338 e. The van der Waals surface area contributed by atoms with Gasteiger partial charge in [0, 0.05) is 13.1 Å². The molecule has 0 saturated carbocycles. The normalized spacial score (nSPS) is 22.0. The van der Waals surface area contributed by atoms with Gasteiger partial charge in [-0.05, 0) is 43.4 Å². The van der Waals surface area contributed by atoms with E-state index in [0.29, 0.717) is 22.5 Å². The second kappa shape index (κ2) is 7.00. The number of carbonyl (C=O) groups is 2. The van der Waals surface area contributed by atoms with Crippen LogP contribution in [0.3, 0.4) is 0 Å². The SMILES string of the molecule is C[C@@H]1C[C@@H](C)CN(C(=O)[C@@H](C)OC(=O)c2ccc3nc(N)sc3c2)C1. The van der Waals surface area contributed by atoms with Gasteiger partial charge in [-0.15, -0.1) is 0 Å². The molecule has 1 aliphatic heterocycles. The van der Waals surface area contributed by atoms with Gasteiger partial charge in [0.25, 0.3) is 5.91 Å². The third-order valence-electron chi connectivity index (χ3n) is 4.45. The molecular formula is C18H23N3O3S. The zero-order valence-corrected chi connectivity index (χ0v) is 15.5. The van der Waals surface area contributed by atoms with Gasteiger partial charge in [-0.3, -0.25) is 4.79 Å². The summed E-state index contributed by atoms with van der Waals surface area (Å²) in [6, 6.07) is 5.08. The van der Waals surface area contributed by atoms with Gasteiger partial charge >= 0.3 is 5.97 Å². The molecule has 25 heavy (non-hydrogen) atoms. The number of nitrogen functional groups attached to an aromatic ring is 1. The fraction of sp³-hybridized carbons (Fsp3) is 0.500. The van der Waals surface area contributed by atoms with Crippen LogP contribution < -0.4 is 5.73 Å². The topological polar surface area (TPSA) is 85.5 Å². The average Bonchev–Trinajstić information content (AvgIpc) is 2.92. The second-order valence-corrected chi connectivity index (χ2v) is 8.03. The highest BCUT2D eigenvalue weighted by molar-refractivity contribution is 7.22. The van der Waals surface area contributed by atoms with Crippen molar-refractivity contribution in [2.75, 3.05) is 18.8 Å². The lowest BCUT2D eigenvalue weighted by atomic mass is 9.91. The molecule has 1 aromatic carbocycles. The number of hydrogen-bond donors (Lipinski definition) is 1. The summed E-state index contributed by atoms with van der Waals surface area (Å²) >= 11 is 1.32. The highest BCUT2D eigenvalue weighted by atomic mass is 32.1. The highest BCUT2D eigenvalue weighted by Gasteiger charge is 2.30. The molecular weight excluding hydrogens is 338 g/mol. The number of nitrogens with two attached hydrogens (primary N) is 1. The van der Waals surface area contributed by atoms with E-state index < -0.39 is 12.1 Å². The number of thiazole rings is 1. The lowest BCUT2D eigenvalue weighted by Gasteiger charge is -2.36. The minimum absolute atomic E-state index is 0.130. The molecule has 1 aliphatic rings. The van der Waals surface area contributed by atoms with Crippen LogP contribution in [0.15, 0.2) is 18.2 Å². The molecule has 0 bridgehead atoms. The van der Waals surface area contributed by atoms with E-state index in [1.54, 1.807) is 25.1 Å². The molecule has 0 aliphatic carbocycles. The van der Waals surface area contributed by atoms with E-state index >= 15 is 0 Å². The number of amides is 1. The van der Waals surface area contributed by atoms with Gasteiger partial charge in [-0.2, -0.15) is 0 Å². The minimum Gasteiger partial charge on any atom is -0.449 e. The van der Waals surface area contributed by atoms with E-state index in [9.17, 15) is 9.59 Å². The second-order valence-electron chi connectivity index (χ2n) is 6.97. The lowest BCUT2D eigenvalue weighted by molar-refractivity contribution is -0.142. The van der Waals surface area contributed by atoms with Gasteiger partial charge in [0.1, 0.15) is 0 Å². The first-order valence-electron chi connectivity index (χ1n) is 8.49. The van der Waals surface area contributed by atoms with Gasteiger partial charge in [-0.25, -0.2) is 9.78 Å². The third kappa shape index (κ3) is 3.92. The van der Waals surface area contributed by atoms with Gasteiger partial charge in [0.2, 0.25) is 0 Å². The molecule has 1 fully saturated rings. The van der Waals surface area contributed by atoms with E-state index in [-0.39, 0.29) is 5.91 Å². The predicted octanol–water partition coefficient (Wildman–Crippen LogP) is 2.93. The van der Waals surface area contributed by atoms with Crippen LogP contribution in [0.1, 0.15) is 37.6 Å². The van der Waals surface area contributed by atoms with Crippen LogP contribution >= 0.6 is 11.3 Å². The fourth-order valence-electron chi connectivity index (χ4n) is 3.45. The lowest BCUT2D eigenvalue weighted by Crippen LogP contribution is -2.47. The summed E-state index contributed by atoms with van der Waals surface area (Å²) < 4.78 is 6.22. The van der Waals surface area contributed by atoms with Crippen molar-refractivity contribution < 1.29 is 14.3 Å². The highest BCUT2D eigenvalue weighted by Crippen LogP contribution is 2.25. The zero-order valence-electron chi connectivity index (χ0n) is 14.7. The van der Waals surface area contributed by atoms with Crippen molar-refractivity contribution in [3.8, 4) is 0 Å². The number of likely N-dealkylation sites (tertiary alicyclic amines) is 1. The van der Waals surface area contributed by atoms with Crippen molar-refractivity contribution in [3.63, 3.8) is 0 Å². The van der Waals surface area contributed by atoms with Crippen molar-refractivity contribution in [1.82, 2.24) is 9.88 Å². The molecule has 1 saturated heterocycles. The number of ether oxygens (including phenoxy) is 1. The Morgan fingerprint density at radius 1 is 1.32 bits per heavy atom. The van der Waals surface area contributed by atoms with E-state index in [1.165, 1.54) is 11.3 Å². The number of benzene rings is 1. The van der Waals surface area contributed by atoms with Crippen LogP contribution in [0.2, 0.25) is 0 Å². The number of carbonyl (C=O) groups excluding carboxylic acids is 2. The standard InChI is InChI=1S/C18H23N3O3S/c1-10-6-11(2)9-21(8-10)16(22)12(3)24-17(23)13-4-5-14-15(7-13)25-18(19)20-14/h4-5,7,10-12H,6,8-9H2,1-3H3,(H2,19,20)/t10-,11-,12-/m1/s1. The fourth-order valence-corrected chi connectivity index (χ4v) is 4.22. The monoisotopic (exact) mass is 361 g/mol. The van der Waals surface area contributed by atoms with Crippen molar-refractivity contribution in [3.05, 3.63) is 23.8 Å². The predicted molar refractivity (Wildman–Crippen MR) is 98.4 cm³/mol. The van der Waals surface area contributed by atoms with Crippen molar-refractivity contribution in [1.29, 1.82) is 0 Å². The summed E-state index contributed by atoms with van der Waals surface area (Å²) in [5, 5.41) is 0.456. The molecule has 2 N–H and O–H groups in total. The number of piperidine rings is 1. The maximum atomic E-state index is 12.6. The summed E-state index contributed by atoms with van der Waals surface area (Å²) in [6.45, 7) is 7.35. The Morgan fingerprint density at radius 3 is 2.68 bits per heavy atom. The molecule has 6 nitrogen and oxygen atoms in total. The Bertz CT molecular complexity index is 794. The summed E-state index contributed by atoms with van der Waals surface area (Å²) in [5.41, 5.74) is 6.83. The quantitative estimate of drug-likeness (QED) is 0.850. The number of aromatic nitrogens is 1. The van der Waals surface area contributed by atoms with Crippen LogP contribution in [0, 0.1) is 11.8 Å². The molecule has 0 radical (unpaired) electrons. The van der Waals surface area contributed by atoms with Gasteiger partial charge in [0.05, 0.1) is 15.8 Å². The largest absolute Gasteiger partial charge is 0.449 e. The van der Waals surface area contributed by atoms with Gasteiger partial charge in [0.15, 0.2) is 11.2 Å². The van der Waals surface area contributed by atoms with Gasteiger partial charge in [-0.1, -0.05) is 25.2 Å². The number of hydrogen-bond acceptors (Lipinski definition) is 6. The number of nitrogens with zero attached hydrogens (tertiary/aromatic N) is 2. The van der Waals surface area contributed by atoms with Crippen LogP contribution in [0.5, 0.6) is 0 Å². The third-order valence-corrected chi connectivity index (χ3v) is 5.30. The van der Waals surface area contributed by atoms with E-state index in [4.69, 9.17) is 10.5 Å². The molecule has 3 atom stereocenters. The number of esters is 1. The van der Waals surface area contributed by atoms with Crippen molar-refractivity contribution in [2.45, 2.75) is 33.3 Å². The molecule has 0 unspecified atom stereocenters. The van der Waals surface area contributed by atoms with Crippen molar-refractivity contribution in [2.24, 2.45) is 11.8 Å². The van der Waals surface area contributed by atoms with Crippen LogP contribution in [-0.2, 0) is 9.53 Å². The molecule has 2 heterocycles. The summed E-state index contributed by atoms with van der Waals surface area (Å²) in [4.78, 5) is 30.9. The van der Waals surface area contributed by atoms with Crippen LogP contribution in [0.4, 0.5) is 5.13 Å². The van der Waals surface area contributed by atoms with Crippen molar-refractivity contribution >= 4 is 38.6 Å². The summed E-state index contributed by atoms with van der Waals surface area (Å²) in [5.74, 6) is 0.298. The Labute approximate surface area is 151 Å². The zero-order chi connectivity index (χ0) is 18.1. The number of anilines is 1. The first-order valence-corrected chi connectivity index (χ1v) is 9.31. The molecule has 3 rings (SSSR count). The maximum Gasteiger partial charge on any atom is 0.338 e. The van der Waals surface area contributed by atoms with E-state index in [0.717, 1.165) is 29.7 Å². The molecule has 1 amide bonds. The Kier molecular flexibility index (Phi) is 4.94. The van der Waals surface area contributed by atoms with E-state index in [2.05, 4.69) is 18.8 Å².